The van der Waals surface area contributed by atoms with Crippen LogP contribution < -0.4 is 10.0 Å². The fourth-order valence-corrected chi connectivity index (χ4v) is 5.60. The van der Waals surface area contributed by atoms with Crippen molar-refractivity contribution in [2.45, 2.75) is 24.0 Å². The highest BCUT2D eigenvalue weighted by Crippen LogP contribution is 2.48. The predicted molar refractivity (Wildman–Crippen MR) is 119 cm³/mol. The quantitative estimate of drug-likeness (QED) is 0.385. The lowest BCUT2D eigenvalue weighted by molar-refractivity contribution is 0.283. The first-order valence-electron chi connectivity index (χ1n) is 8.77. The smallest absolute Gasteiger partial charge is 0.238 e. The van der Waals surface area contributed by atoms with Crippen molar-refractivity contribution < 1.29 is 17.9 Å². The SMILES string of the molecule is O=S(=O)(Nc1cn2ccnc2c(Cl)c1Nc1ccc(I)cc1F)C1(CCO)CC1. The van der Waals surface area contributed by atoms with Crippen molar-refractivity contribution in [2.24, 2.45) is 0 Å². The number of rotatable bonds is 7. The molecule has 3 aromatic rings. The van der Waals surface area contributed by atoms with Crippen LogP contribution in [-0.2, 0) is 10.0 Å². The van der Waals surface area contributed by atoms with Crippen LogP contribution in [0.1, 0.15) is 19.3 Å². The van der Waals surface area contributed by atoms with Crippen molar-refractivity contribution in [1.29, 1.82) is 0 Å². The number of pyridine rings is 1. The summed E-state index contributed by atoms with van der Waals surface area (Å²) >= 11 is 8.50. The number of fused-ring (bicyclic) bond motifs is 1. The number of anilines is 3. The molecule has 1 fully saturated rings. The lowest BCUT2D eigenvalue weighted by Crippen LogP contribution is -2.31. The highest BCUT2D eigenvalue weighted by Gasteiger charge is 2.54. The summed E-state index contributed by atoms with van der Waals surface area (Å²) in [5.41, 5.74) is 0.927. The molecule has 0 spiro atoms. The van der Waals surface area contributed by atoms with Crippen LogP contribution in [0.5, 0.6) is 0 Å². The van der Waals surface area contributed by atoms with Crippen molar-refractivity contribution in [3.8, 4) is 0 Å². The summed E-state index contributed by atoms with van der Waals surface area (Å²) in [5, 5.41) is 12.3. The van der Waals surface area contributed by atoms with E-state index in [4.69, 9.17) is 11.6 Å². The fraction of sp³-hybridized carbons (Fsp3) is 0.278. The Morgan fingerprint density at radius 1 is 1.34 bits per heavy atom. The van der Waals surface area contributed by atoms with Gasteiger partial charge >= 0.3 is 0 Å². The van der Waals surface area contributed by atoms with Crippen molar-refractivity contribution in [3.05, 3.63) is 51.2 Å². The van der Waals surface area contributed by atoms with Crippen LogP contribution in [0.3, 0.4) is 0 Å². The van der Waals surface area contributed by atoms with Gasteiger partial charge in [-0.2, -0.15) is 0 Å². The number of benzene rings is 1. The van der Waals surface area contributed by atoms with Crippen LogP contribution in [0.15, 0.2) is 36.8 Å². The van der Waals surface area contributed by atoms with Gasteiger partial charge in [0, 0.05) is 28.8 Å². The minimum atomic E-state index is -3.80. The molecule has 0 bridgehead atoms. The highest BCUT2D eigenvalue weighted by atomic mass is 127. The van der Waals surface area contributed by atoms with Gasteiger partial charge in [-0.15, -0.1) is 0 Å². The van der Waals surface area contributed by atoms with Crippen molar-refractivity contribution in [3.63, 3.8) is 0 Å². The Morgan fingerprint density at radius 2 is 2.10 bits per heavy atom. The Bertz CT molecular complexity index is 1200. The van der Waals surface area contributed by atoms with E-state index in [2.05, 4.69) is 15.0 Å². The average Bonchev–Trinajstić information content (AvgIpc) is 3.30. The molecule has 0 unspecified atom stereocenters. The van der Waals surface area contributed by atoms with Crippen molar-refractivity contribution in [2.75, 3.05) is 16.6 Å². The van der Waals surface area contributed by atoms with Crippen LogP contribution in [0, 0.1) is 9.39 Å². The van der Waals surface area contributed by atoms with Gasteiger partial charge in [0.05, 0.1) is 21.8 Å². The highest BCUT2D eigenvalue weighted by molar-refractivity contribution is 14.1. The number of nitrogens with one attached hydrogen (secondary N) is 2. The summed E-state index contributed by atoms with van der Waals surface area (Å²) in [7, 11) is -3.80. The van der Waals surface area contributed by atoms with Gasteiger partial charge < -0.3 is 14.8 Å². The standard InChI is InChI=1S/C18H17ClFIN4O3S/c19-15-16(23-13-2-1-11(21)9-12(13)20)14(10-25-7-6-22-17(15)25)24-29(27,28)18(3-4-18)5-8-26/h1-2,6-7,9-10,23-24,26H,3-5,8H2. The van der Waals surface area contributed by atoms with Gasteiger partial charge in [0.1, 0.15) is 10.8 Å². The van der Waals surface area contributed by atoms with E-state index >= 15 is 0 Å². The predicted octanol–water partition coefficient (Wildman–Crippen LogP) is 4.13. The summed E-state index contributed by atoms with van der Waals surface area (Å²) in [4.78, 5) is 4.17. The summed E-state index contributed by atoms with van der Waals surface area (Å²) in [6.45, 7) is -0.221. The molecule has 0 aliphatic heterocycles. The normalized spacial score (nSPS) is 15.4. The third-order valence-electron chi connectivity index (χ3n) is 5.00. The van der Waals surface area contributed by atoms with Gasteiger partial charge in [-0.05, 0) is 60.1 Å². The molecule has 1 aliphatic carbocycles. The second kappa shape index (κ2) is 7.56. The molecule has 4 rings (SSSR count). The summed E-state index contributed by atoms with van der Waals surface area (Å²) in [6.07, 6.45) is 5.79. The molecule has 1 saturated carbocycles. The molecule has 7 nitrogen and oxygen atoms in total. The van der Waals surface area contributed by atoms with Gasteiger partial charge in [-0.25, -0.2) is 17.8 Å². The van der Waals surface area contributed by atoms with E-state index in [-0.39, 0.29) is 35.1 Å². The Kier molecular flexibility index (Phi) is 5.38. The first-order chi connectivity index (χ1) is 13.8. The van der Waals surface area contributed by atoms with Crippen LogP contribution >= 0.6 is 34.2 Å². The molecule has 29 heavy (non-hydrogen) atoms. The van der Waals surface area contributed by atoms with Crippen LogP contribution in [0.2, 0.25) is 5.02 Å². The third-order valence-corrected chi connectivity index (χ3v) is 8.27. The molecule has 0 atom stereocenters. The zero-order valence-electron chi connectivity index (χ0n) is 15.0. The van der Waals surface area contributed by atoms with Gasteiger partial charge in [0.2, 0.25) is 10.0 Å². The maximum absolute atomic E-state index is 14.4. The Hall–Kier alpha value is -1.63. The third kappa shape index (κ3) is 3.78. The number of imidazole rings is 1. The van der Waals surface area contributed by atoms with Gasteiger partial charge in [-0.3, -0.25) is 4.72 Å². The van der Waals surface area contributed by atoms with E-state index in [0.717, 1.165) is 3.57 Å². The lowest BCUT2D eigenvalue weighted by Gasteiger charge is -2.20. The molecule has 11 heteroatoms. The van der Waals surface area contributed by atoms with Crippen LogP contribution in [0.4, 0.5) is 21.5 Å². The number of nitrogens with zero attached hydrogens (tertiary/aromatic N) is 2. The molecule has 3 N–H and O–H groups in total. The number of aromatic nitrogens is 2. The fourth-order valence-electron chi connectivity index (χ4n) is 3.20. The molecular formula is C18H17ClFIN4O3S. The number of aliphatic hydroxyl groups excluding tert-OH is 1. The molecule has 2 aromatic heterocycles. The number of halogens is 3. The van der Waals surface area contributed by atoms with Gasteiger partial charge in [-0.1, -0.05) is 11.6 Å². The van der Waals surface area contributed by atoms with E-state index in [1.807, 2.05) is 22.6 Å². The first kappa shape index (κ1) is 20.6. The molecule has 154 valence electrons. The van der Waals surface area contributed by atoms with Crippen molar-refractivity contribution >= 4 is 66.9 Å². The molecule has 0 saturated heterocycles. The minimum Gasteiger partial charge on any atom is -0.396 e. The number of aliphatic hydroxyl groups is 1. The van der Waals surface area contributed by atoms with E-state index in [9.17, 15) is 17.9 Å². The molecule has 0 radical (unpaired) electrons. The van der Waals surface area contributed by atoms with Crippen LogP contribution in [-0.4, -0.2) is 34.3 Å². The van der Waals surface area contributed by atoms with E-state index in [1.54, 1.807) is 22.7 Å². The molecule has 0 amide bonds. The van der Waals surface area contributed by atoms with Gasteiger partial charge in [0.25, 0.3) is 0 Å². The maximum atomic E-state index is 14.4. The zero-order valence-corrected chi connectivity index (χ0v) is 18.7. The minimum absolute atomic E-state index is 0.151. The van der Waals surface area contributed by atoms with Crippen molar-refractivity contribution in [1.82, 2.24) is 9.38 Å². The lowest BCUT2D eigenvalue weighted by atomic mass is 10.2. The summed E-state index contributed by atoms with van der Waals surface area (Å²) < 4.78 is 44.3. The maximum Gasteiger partial charge on any atom is 0.238 e. The molecule has 1 aliphatic rings. The number of sulfonamides is 1. The van der Waals surface area contributed by atoms with E-state index < -0.39 is 20.6 Å². The molecule has 2 heterocycles. The molecule has 1 aromatic carbocycles. The molecular weight excluding hydrogens is 534 g/mol. The largest absolute Gasteiger partial charge is 0.396 e. The van der Waals surface area contributed by atoms with Gasteiger partial charge in [0.15, 0.2) is 5.65 Å². The Morgan fingerprint density at radius 3 is 2.76 bits per heavy atom. The number of hydrogen-bond acceptors (Lipinski definition) is 5. The number of hydrogen-bond donors (Lipinski definition) is 3. The van der Waals surface area contributed by atoms with E-state index in [0.29, 0.717) is 18.5 Å². The Balaban J connectivity index is 1.79. The topological polar surface area (TPSA) is 95.7 Å². The van der Waals surface area contributed by atoms with E-state index in [1.165, 1.54) is 18.5 Å². The second-order valence-electron chi connectivity index (χ2n) is 6.90. The first-order valence-corrected chi connectivity index (χ1v) is 11.7. The average molecular weight is 551 g/mol. The zero-order chi connectivity index (χ0) is 20.8. The summed E-state index contributed by atoms with van der Waals surface area (Å²) in [6, 6.07) is 4.63. The monoisotopic (exact) mass is 550 g/mol. The van der Waals surface area contributed by atoms with Crippen LogP contribution in [0.25, 0.3) is 5.65 Å². The summed E-state index contributed by atoms with van der Waals surface area (Å²) in [5.74, 6) is -0.496. The Labute approximate surface area is 185 Å². The second-order valence-corrected chi connectivity index (χ2v) is 10.6.